The van der Waals surface area contributed by atoms with Crippen molar-refractivity contribution in [1.82, 2.24) is 10.0 Å². The molecule has 0 bridgehead atoms. The average molecular weight is 435 g/mol. The number of amides is 4. The number of urea groups is 2. The fourth-order valence-electron chi connectivity index (χ4n) is 3.28. The fraction of sp³-hybridized carbons (Fsp3) is 0.333. The van der Waals surface area contributed by atoms with E-state index in [1.807, 2.05) is 76.2 Å². The number of hydrogen-bond acceptors (Lipinski definition) is 4. The van der Waals surface area contributed by atoms with Crippen molar-refractivity contribution in [3.63, 3.8) is 0 Å². The number of anilines is 2. The number of hydrogen-bond donors (Lipinski definition) is 2. The number of aryl methyl sites for hydroxylation is 2. The molecule has 2 aromatic carbocycles. The quantitative estimate of drug-likeness (QED) is 0.592. The topological polar surface area (TPSA) is 89.4 Å². The highest BCUT2D eigenvalue weighted by Crippen LogP contribution is 2.20. The smallest absolute Gasteiger partial charge is 0.306 e. The van der Waals surface area contributed by atoms with E-state index in [-0.39, 0.29) is 0 Å². The lowest BCUT2D eigenvalue weighted by Crippen LogP contribution is -2.47. The minimum atomic E-state index is -0.404. The Morgan fingerprint density at radius 1 is 0.719 bits per heavy atom. The van der Waals surface area contributed by atoms with E-state index in [1.54, 1.807) is 0 Å². The zero-order valence-electron chi connectivity index (χ0n) is 19.1. The summed E-state index contributed by atoms with van der Waals surface area (Å²) in [5, 5.41) is 17.4. The summed E-state index contributed by atoms with van der Waals surface area (Å²) in [4.78, 5) is 26.1. The van der Waals surface area contributed by atoms with Crippen LogP contribution < -0.4 is 10.6 Å². The maximum absolute atomic E-state index is 13.1. The van der Waals surface area contributed by atoms with Crippen LogP contribution in [-0.4, -0.2) is 33.8 Å². The summed E-state index contributed by atoms with van der Waals surface area (Å²) in [6, 6.07) is 14.3. The molecule has 0 unspecified atom stereocenters. The van der Waals surface area contributed by atoms with Gasteiger partial charge in [-0.25, -0.2) is 9.59 Å². The van der Waals surface area contributed by atoms with Crippen molar-refractivity contribution >= 4 is 35.1 Å². The molecule has 0 aliphatic carbocycles. The van der Waals surface area contributed by atoms with Gasteiger partial charge in [0.1, 0.15) is 0 Å². The van der Waals surface area contributed by atoms with Gasteiger partial charge in [0.15, 0.2) is 11.7 Å². The molecule has 32 heavy (non-hydrogen) atoms. The standard InChI is InChI=1S/C24H30N6O2/c1-5-11-21-27-30(24(32)26-20-16-10-8-14-18(20)4)22(12-6-2)28-29(21)23(31)25-19-15-9-7-13-17(19)3/h7-10,13-16H,5-6,11-12H2,1-4H3,(H,25,31)(H,26,32). The minimum absolute atomic E-state index is 0.404. The number of hydrazone groups is 2. The number of rotatable bonds is 6. The lowest BCUT2D eigenvalue weighted by Gasteiger charge is -2.30. The van der Waals surface area contributed by atoms with Gasteiger partial charge in [0.2, 0.25) is 0 Å². The second-order valence-electron chi connectivity index (χ2n) is 7.65. The Hall–Kier alpha value is -3.68. The van der Waals surface area contributed by atoms with Crippen LogP contribution in [0.3, 0.4) is 0 Å². The normalized spacial score (nSPS) is 13.4. The van der Waals surface area contributed by atoms with Gasteiger partial charge in [0, 0.05) is 24.2 Å². The van der Waals surface area contributed by atoms with Crippen LogP contribution in [0.5, 0.6) is 0 Å². The number of carbonyl (C=O) groups excluding carboxylic acids is 2. The molecule has 0 saturated carbocycles. The Bertz CT molecular complexity index is 963. The highest BCUT2D eigenvalue weighted by Gasteiger charge is 2.30. The molecule has 1 heterocycles. The molecule has 0 atom stereocenters. The number of nitrogens with one attached hydrogen (secondary N) is 2. The molecular weight excluding hydrogens is 404 g/mol. The van der Waals surface area contributed by atoms with E-state index in [0.29, 0.717) is 35.9 Å². The summed E-state index contributed by atoms with van der Waals surface area (Å²) in [5.41, 5.74) is 3.31. The summed E-state index contributed by atoms with van der Waals surface area (Å²) in [7, 11) is 0. The van der Waals surface area contributed by atoms with Crippen molar-refractivity contribution in [3.8, 4) is 0 Å². The van der Waals surface area contributed by atoms with Gasteiger partial charge in [0.05, 0.1) is 0 Å². The molecule has 2 N–H and O–H groups in total. The van der Waals surface area contributed by atoms with Crippen molar-refractivity contribution in [2.24, 2.45) is 10.2 Å². The zero-order chi connectivity index (χ0) is 23.1. The van der Waals surface area contributed by atoms with E-state index in [1.165, 1.54) is 10.0 Å². The Morgan fingerprint density at radius 2 is 1.09 bits per heavy atom. The van der Waals surface area contributed by atoms with Gasteiger partial charge >= 0.3 is 12.1 Å². The first kappa shape index (κ1) is 23.0. The third-order valence-corrected chi connectivity index (χ3v) is 5.03. The van der Waals surface area contributed by atoms with E-state index in [4.69, 9.17) is 0 Å². The van der Waals surface area contributed by atoms with Crippen molar-refractivity contribution in [3.05, 3.63) is 59.7 Å². The van der Waals surface area contributed by atoms with Crippen LogP contribution in [0.25, 0.3) is 0 Å². The Kier molecular flexibility index (Phi) is 7.59. The van der Waals surface area contributed by atoms with Crippen LogP contribution in [0.2, 0.25) is 0 Å². The van der Waals surface area contributed by atoms with Crippen molar-refractivity contribution in [1.29, 1.82) is 0 Å². The van der Waals surface area contributed by atoms with Crippen molar-refractivity contribution in [2.45, 2.75) is 53.4 Å². The predicted molar refractivity (Wildman–Crippen MR) is 129 cm³/mol. The molecule has 0 spiro atoms. The Labute approximate surface area is 189 Å². The van der Waals surface area contributed by atoms with Crippen molar-refractivity contribution in [2.75, 3.05) is 10.6 Å². The SMILES string of the molecule is CCCC1=NN(C(=O)Nc2ccccc2C)C(CCC)=NN1C(=O)Nc1ccccc1C. The number of nitrogens with zero attached hydrogens (tertiary/aromatic N) is 4. The van der Waals surface area contributed by atoms with Crippen LogP contribution >= 0.6 is 0 Å². The molecule has 1 aliphatic rings. The third-order valence-electron chi connectivity index (χ3n) is 5.03. The van der Waals surface area contributed by atoms with Gasteiger partial charge in [-0.1, -0.05) is 50.2 Å². The second-order valence-corrected chi connectivity index (χ2v) is 7.65. The van der Waals surface area contributed by atoms with Gasteiger partial charge in [-0.15, -0.1) is 10.2 Å². The molecule has 0 fully saturated rings. The molecule has 2 aromatic rings. The van der Waals surface area contributed by atoms with Crippen LogP contribution in [-0.2, 0) is 0 Å². The highest BCUT2D eigenvalue weighted by atomic mass is 16.2. The maximum atomic E-state index is 13.1. The second kappa shape index (κ2) is 10.6. The summed E-state index contributed by atoms with van der Waals surface area (Å²) in [5.74, 6) is 0.830. The van der Waals surface area contributed by atoms with E-state index >= 15 is 0 Å². The summed E-state index contributed by atoms with van der Waals surface area (Å²) in [6.07, 6.45) is 2.49. The molecule has 4 amide bonds. The molecule has 3 rings (SSSR count). The Morgan fingerprint density at radius 3 is 1.44 bits per heavy atom. The fourth-order valence-corrected chi connectivity index (χ4v) is 3.28. The first-order valence-electron chi connectivity index (χ1n) is 10.9. The van der Waals surface area contributed by atoms with E-state index in [9.17, 15) is 9.59 Å². The zero-order valence-corrected chi connectivity index (χ0v) is 19.1. The molecule has 8 nitrogen and oxygen atoms in total. The first-order valence-corrected chi connectivity index (χ1v) is 10.9. The van der Waals surface area contributed by atoms with Crippen molar-refractivity contribution < 1.29 is 9.59 Å². The van der Waals surface area contributed by atoms with Crippen LogP contribution in [0, 0.1) is 13.8 Å². The van der Waals surface area contributed by atoms with Crippen LogP contribution in [0.1, 0.15) is 50.7 Å². The summed E-state index contributed by atoms with van der Waals surface area (Å²) < 4.78 is 0. The van der Waals surface area contributed by atoms with Gasteiger partial charge < -0.3 is 10.6 Å². The summed E-state index contributed by atoms with van der Waals surface area (Å²) >= 11 is 0. The summed E-state index contributed by atoms with van der Waals surface area (Å²) in [6.45, 7) is 7.83. The van der Waals surface area contributed by atoms with Gasteiger partial charge in [-0.2, -0.15) is 10.0 Å². The lowest BCUT2D eigenvalue weighted by molar-refractivity contribution is 0.222. The number of carbonyl (C=O) groups is 2. The third kappa shape index (κ3) is 5.32. The van der Waals surface area contributed by atoms with Gasteiger partial charge in [-0.3, -0.25) is 0 Å². The number of amidine groups is 2. The Balaban J connectivity index is 1.88. The lowest BCUT2D eigenvalue weighted by atomic mass is 10.2. The van der Waals surface area contributed by atoms with Gasteiger partial charge in [0.25, 0.3) is 0 Å². The maximum Gasteiger partial charge on any atom is 0.348 e. The van der Waals surface area contributed by atoms with E-state index < -0.39 is 12.1 Å². The molecule has 8 heteroatoms. The molecule has 1 aliphatic heterocycles. The predicted octanol–water partition coefficient (Wildman–Crippen LogP) is 5.91. The van der Waals surface area contributed by atoms with E-state index in [2.05, 4.69) is 20.8 Å². The first-order chi connectivity index (χ1) is 15.4. The van der Waals surface area contributed by atoms with Gasteiger partial charge in [-0.05, 0) is 49.9 Å². The average Bonchev–Trinajstić information content (AvgIpc) is 2.78. The van der Waals surface area contributed by atoms with Crippen LogP contribution in [0.15, 0.2) is 58.7 Å². The van der Waals surface area contributed by atoms with Crippen LogP contribution in [0.4, 0.5) is 21.0 Å². The molecule has 0 radical (unpaired) electrons. The highest BCUT2D eigenvalue weighted by molar-refractivity contribution is 6.10. The monoisotopic (exact) mass is 434 g/mol. The largest absolute Gasteiger partial charge is 0.348 e. The minimum Gasteiger partial charge on any atom is -0.306 e. The molecular formula is C24H30N6O2. The molecule has 0 aromatic heterocycles. The van der Waals surface area contributed by atoms with E-state index in [0.717, 1.165) is 24.0 Å². The number of benzene rings is 2. The molecule has 168 valence electrons. The molecule has 0 saturated heterocycles. The number of para-hydroxylation sites is 2.